The lowest BCUT2D eigenvalue weighted by molar-refractivity contribution is -0.122. The van der Waals surface area contributed by atoms with Crippen molar-refractivity contribution in [2.45, 2.75) is 39.5 Å². The fraction of sp³-hybridized carbons (Fsp3) is 0.467. The second-order valence-corrected chi connectivity index (χ2v) is 4.89. The molecule has 1 amide bonds. The van der Waals surface area contributed by atoms with Gasteiger partial charge in [0.05, 0.1) is 5.71 Å². The van der Waals surface area contributed by atoms with E-state index in [1.165, 1.54) is 5.56 Å². The molecule has 18 heavy (non-hydrogen) atoms. The van der Waals surface area contributed by atoms with Gasteiger partial charge in [-0.05, 0) is 37.3 Å². The second-order valence-electron chi connectivity index (χ2n) is 4.89. The minimum Gasteiger partial charge on any atom is -0.273 e. The van der Waals surface area contributed by atoms with Gasteiger partial charge in [-0.3, -0.25) is 4.79 Å². The molecule has 1 aromatic rings. The summed E-state index contributed by atoms with van der Waals surface area (Å²) in [6, 6.07) is 8.38. The smallest absolute Gasteiger partial charge is 0.243 e. The highest BCUT2D eigenvalue weighted by Crippen LogP contribution is 2.28. The molecule has 0 aromatic heterocycles. The lowest BCUT2D eigenvalue weighted by Gasteiger charge is -2.04. The maximum atomic E-state index is 11.5. The summed E-state index contributed by atoms with van der Waals surface area (Å²) in [6.45, 7) is 4.09. The van der Waals surface area contributed by atoms with E-state index in [4.69, 9.17) is 0 Å². The Morgan fingerprint density at radius 3 is 2.56 bits per heavy atom. The topological polar surface area (TPSA) is 41.5 Å². The van der Waals surface area contributed by atoms with E-state index < -0.39 is 0 Å². The fourth-order valence-electron chi connectivity index (χ4n) is 1.84. The van der Waals surface area contributed by atoms with Crippen LogP contribution in [-0.4, -0.2) is 11.6 Å². The van der Waals surface area contributed by atoms with Crippen molar-refractivity contribution < 1.29 is 4.79 Å². The van der Waals surface area contributed by atoms with Crippen LogP contribution in [0.1, 0.15) is 44.2 Å². The normalized spacial score (nSPS) is 15.6. The molecular formula is C15H20N2O. The fourth-order valence-corrected chi connectivity index (χ4v) is 1.84. The average molecular weight is 244 g/mol. The van der Waals surface area contributed by atoms with E-state index in [1.807, 2.05) is 6.92 Å². The standard InChI is InChI=1S/C15H20N2O/c1-3-4-12-5-7-13(8-6-12)11(2)16-17-15(18)14-9-10-14/h5-8,14H,3-4,9-10H2,1-2H3,(H,17,18). The second kappa shape index (κ2) is 5.80. The van der Waals surface area contributed by atoms with Crippen LogP contribution in [0.25, 0.3) is 0 Å². The van der Waals surface area contributed by atoms with Gasteiger partial charge in [0, 0.05) is 5.92 Å². The first-order valence-corrected chi connectivity index (χ1v) is 6.64. The number of nitrogens with one attached hydrogen (secondary N) is 1. The Bertz CT molecular complexity index is 444. The minimum atomic E-state index is 0.0527. The first kappa shape index (κ1) is 12.8. The predicted molar refractivity (Wildman–Crippen MR) is 73.5 cm³/mol. The molecule has 0 atom stereocenters. The van der Waals surface area contributed by atoms with Gasteiger partial charge in [-0.2, -0.15) is 5.10 Å². The summed E-state index contributed by atoms with van der Waals surface area (Å²) in [7, 11) is 0. The molecule has 3 heteroatoms. The SMILES string of the molecule is CCCc1ccc(C(C)=NNC(=O)C2CC2)cc1. The molecule has 0 heterocycles. The van der Waals surface area contributed by atoms with Crippen molar-refractivity contribution in [3.8, 4) is 0 Å². The number of rotatable bonds is 5. The first-order valence-electron chi connectivity index (χ1n) is 6.64. The largest absolute Gasteiger partial charge is 0.273 e. The van der Waals surface area contributed by atoms with Gasteiger partial charge in [0.25, 0.3) is 0 Å². The van der Waals surface area contributed by atoms with Crippen molar-refractivity contribution in [3.05, 3.63) is 35.4 Å². The summed E-state index contributed by atoms with van der Waals surface area (Å²) in [5.41, 5.74) is 5.89. The molecule has 3 nitrogen and oxygen atoms in total. The van der Waals surface area contributed by atoms with Crippen molar-refractivity contribution in [2.24, 2.45) is 11.0 Å². The molecule has 0 bridgehead atoms. The van der Waals surface area contributed by atoms with Crippen LogP contribution in [0.15, 0.2) is 29.4 Å². The molecule has 0 aliphatic heterocycles. The average Bonchev–Trinajstić information content (AvgIpc) is 3.21. The molecule has 1 aliphatic rings. The molecule has 0 radical (unpaired) electrons. The zero-order valence-electron chi connectivity index (χ0n) is 11.1. The Morgan fingerprint density at radius 1 is 1.33 bits per heavy atom. The van der Waals surface area contributed by atoms with Gasteiger partial charge in [0.15, 0.2) is 0 Å². The molecule has 0 saturated heterocycles. The zero-order chi connectivity index (χ0) is 13.0. The van der Waals surface area contributed by atoms with Crippen LogP contribution in [0.4, 0.5) is 0 Å². The first-order chi connectivity index (χ1) is 8.70. The number of hydrazone groups is 1. The lowest BCUT2D eigenvalue weighted by Crippen LogP contribution is -2.20. The van der Waals surface area contributed by atoms with Crippen LogP contribution in [-0.2, 0) is 11.2 Å². The summed E-state index contributed by atoms with van der Waals surface area (Å²) in [5.74, 6) is 0.255. The van der Waals surface area contributed by atoms with Crippen LogP contribution < -0.4 is 5.43 Å². The van der Waals surface area contributed by atoms with E-state index in [1.54, 1.807) is 0 Å². The summed E-state index contributed by atoms with van der Waals surface area (Å²) in [4.78, 5) is 11.5. The Balaban J connectivity index is 1.96. The van der Waals surface area contributed by atoms with Gasteiger partial charge in [-0.25, -0.2) is 5.43 Å². The molecule has 1 fully saturated rings. The van der Waals surface area contributed by atoms with Gasteiger partial charge in [0.2, 0.25) is 5.91 Å². The minimum absolute atomic E-state index is 0.0527. The Hall–Kier alpha value is -1.64. The Kier molecular flexibility index (Phi) is 4.13. The molecule has 1 aromatic carbocycles. The van der Waals surface area contributed by atoms with Gasteiger partial charge in [-0.1, -0.05) is 37.6 Å². The lowest BCUT2D eigenvalue weighted by atomic mass is 10.1. The number of carbonyl (C=O) groups excluding carboxylic acids is 1. The summed E-state index contributed by atoms with van der Waals surface area (Å²) >= 11 is 0. The molecular weight excluding hydrogens is 224 g/mol. The summed E-state index contributed by atoms with van der Waals surface area (Å²) in [6.07, 6.45) is 4.27. The van der Waals surface area contributed by atoms with E-state index in [2.05, 4.69) is 41.7 Å². The van der Waals surface area contributed by atoms with Crippen LogP contribution in [0.3, 0.4) is 0 Å². The maximum Gasteiger partial charge on any atom is 0.243 e. The van der Waals surface area contributed by atoms with Gasteiger partial charge >= 0.3 is 0 Å². The Labute approximate surface area is 108 Å². The molecule has 2 rings (SSSR count). The van der Waals surface area contributed by atoms with E-state index in [0.29, 0.717) is 0 Å². The van der Waals surface area contributed by atoms with E-state index in [9.17, 15) is 4.79 Å². The number of amides is 1. The summed E-state index contributed by atoms with van der Waals surface area (Å²) < 4.78 is 0. The van der Waals surface area contributed by atoms with Crippen molar-refractivity contribution in [2.75, 3.05) is 0 Å². The number of carbonyl (C=O) groups is 1. The van der Waals surface area contributed by atoms with Crippen molar-refractivity contribution in [1.29, 1.82) is 0 Å². The highest BCUT2D eigenvalue weighted by Gasteiger charge is 2.29. The van der Waals surface area contributed by atoms with Crippen molar-refractivity contribution in [3.63, 3.8) is 0 Å². The molecule has 96 valence electrons. The molecule has 0 unspecified atom stereocenters. The Morgan fingerprint density at radius 2 is 2.00 bits per heavy atom. The zero-order valence-corrected chi connectivity index (χ0v) is 11.1. The third-order valence-electron chi connectivity index (χ3n) is 3.19. The van der Waals surface area contributed by atoms with Crippen molar-refractivity contribution in [1.82, 2.24) is 5.43 Å². The van der Waals surface area contributed by atoms with E-state index in [0.717, 1.165) is 37.0 Å². The predicted octanol–water partition coefficient (Wildman–Crippen LogP) is 2.89. The van der Waals surface area contributed by atoms with Crippen molar-refractivity contribution >= 4 is 11.6 Å². The maximum absolute atomic E-state index is 11.5. The van der Waals surface area contributed by atoms with Crippen LogP contribution in [0, 0.1) is 5.92 Å². The third-order valence-corrected chi connectivity index (χ3v) is 3.19. The molecule has 0 spiro atoms. The third kappa shape index (κ3) is 3.42. The molecule has 1 N–H and O–H groups in total. The number of hydrogen-bond acceptors (Lipinski definition) is 2. The number of aryl methyl sites for hydroxylation is 1. The molecule has 1 saturated carbocycles. The van der Waals surface area contributed by atoms with Crippen LogP contribution in [0.2, 0.25) is 0 Å². The number of nitrogens with zero attached hydrogens (tertiary/aromatic N) is 1. The number of benzene rings is 1. The van der Waals surface area contributed by atoms with Gasteiger partial charge in [-0.15, -0.1) is 0 Å². The summed E-state index contributed by atoms with van der Waals surface area (Å²) in [5, 5.41) is 4.15. The van der Waals surface area contributed by atoms with Gasteiger partial charge in [0.1, 0.15) is 0 Å². The quantitative estimate of drug-likeness (QED) is 0.628. The van der Waals surface area contributed by atoms with E-state index >= 15 is 0 Å². The van der Waals surface area contributed by atoms with Crippen LogP contribution in [0.5, 0.6) is 0 Å². The highest BCUT2D eigenvalue weighted by molar-refractivity contribution is 5.99. The van der Waals surface area contributed by atoms with E-state index in [-0.39, 0.29) is 11.8 Å². The monoisotopic (exact) mass is 244 g/mol. The molecule has 1 aliphatic carbocycles. The van der Waals surface area contributed by atoms with Gasteiger partial charge < -0.3 is 0 Å². The highest BCUT2D eigenvalue weighted by atomic mass is 16.2. The number of hydrogen-bond donors (Lipinski definition) is 1. The van der Waals surface area contributed by atoms with Crippen LogP contribution >= 0.6 is 0 Å².